The van der Waals surface area contributed by atoms with Crippen LogP contribution in [-0.4, -0.2) is 29.2 Å². The molecule has 3 rings (SSSR count). The van der Waals surface area contributed by atoms with Crippen LogP contribution in [0.1, 0.15) is 11.1 Å². The molecule has 0 amide bonds. The van der Waals surface area contributed by atoms with Crippen LogP contribution in [0.25, 0.3) is 0 Å². The standard InChI is InChI=1S/C22H23NO3S2/c1-19-12-14-22(15-13-19)28(25,26)23(18-20-8-4-2-5-9-20)16-17-27(24)21-10-6-3-7-11-21/h2-15H,16-18H2,1H3. The molecule has 0 saturated heterocycles. The normalized spacial score (nSPS) is 12.8. The minimum atomic E-state index is -3.69. The van der Waals surface area contributed by atoms with Gasteiger partial charge in [0.15, 0.2) is 0 Å². The van der Waals surface area contributed by atoms with Gasteiger partial charge in [-0.2, -0.15) is 4.31 Å². The zero-order valence-electron chi connectivity index (χ0n) is 15.7. The SMILES string of the molecule is Cc1ccc(S(=O)(=O)N(CCS(=O)c2ccccc2)Cc2ccccc2)cc1. The van der Waals surface area contributed by atoms with Crippen molar-refractivity contribution in [2.24, 2.45) is 0 Å². The topological polar surface area (TPSA) is 54.5 Å². The van der Waals surface area contributed by atoms with Gasteiger partial charge in [0.25, 0.3) is 0 Å². The molecule has 0 N–H and O–H groups in total. The fraction of sp³-hybridized carbons (Fsp3) is 0.182. The summed E-state index contributed by atoms with van der Waals surface area (Å²) in [6, 6.07) is 25.4. The van der Waals surface area contributed by atoms with Crippen LogP contribution >= 0.6 is 0 Å². The van der Waals surface area contributed by atoms with E-state index in [1.54, 1.807) is 36.4 Å². The predicted octanol–water partition coefficient (Wildman–Crippen LogP) is 3.99. The molecule has 0 fully saturated rings. The first-order chi connectivity index (χ1) is 13.5. The van der Waals surface area contributed by atoms with Gasteiger partial charge in [0, 0.05) is 23.7 Å². The number of nitrogens with zero attached hydrogens (tertiary/aromatic N) is 1. The number of benzene rings is 3. The first kappa shape index (κ1) is 20.5. The van der Waals surface area contributed by atoms with Crippen molar-refractivity contribution in [1.29, 1.82) is 0 Å². The van der Waals surface area contributed by atoms with Gasteiger partial charge in [-0.15, -0.1) is 0 Å². The van der Waals surface area contributed by atoms with Crippen molar-refractivity contribution in [3.05, 3.63) is 96.1 Å². The van der Waals surface area contributed by atoms with Crippen LogP contribution < -0.4 is 0 Å². The van der Waals surface area contributed by atoms with Crippen molar-refractivity contribution in [2.75, 3.05) is 12.3 Å². The van der Waals surface area contributed by atoms with Crippen molar-refractivity contribution < 1.29 is 12.6 Å². The summed E-state index contributed by atoms with van der Waals surface area (Å²) < 4.78 is 40.5. The van der Waals surface area contributed by atoms with Gasteiger partial charge in [0.05, 0.1) is 15.7 Å². The summed E-state index contributed by atoms with van der Waals surface area (Å²) >= 11 is 0. The molecule has 0 radical (unpaired) electrons. The Bertz CT molecular complexity index is 1020. The lowest BCUT2D eigenvalue weighted by Gasteiger charge is -2.22. The van der Waals surface area contributed by atoms with Crippen molar-refractivity contribution >= 4 is 20.8 Å². The quantitative estimate of drug-likeness (QED) is 0.561. The highest BCUT2D eigenvalue weighted by Crippen LogP contribution is 2.19. The van der Waals surface area contributed by atoms with Gasteiger partial charge in [0.2, 0.25) is 10.0 Å². The zero-order valence-corrected chi connectivity index (χ0v) is 17.3. The van der Waals surface area contributed by atoms with E-state index in [0.717, 1.165) is 11.1 Å². The Morgan fingerprint density at radius 1 is 0.821 bits per heavy atom. The monoisotopic (exact) mass is 413 g/mol. The Morgan fingerprint density at radius 2 is 1.39 bits per heavy atom. The second-order valence-corrected chi connectivity index (χ2v) is 10.0. The highest BCUT2D eigenvalue weighted by atomic mass is 32.2. The number of hydrogen-bond acceptors (Lipinski definition) is 3. The third kappa shape index (κ3) is 5.16. The third-order valence-corrected chi connectivity index (χ3v) is 7.60. The Morgan fingerprint density at radius 3 is 2.00 bits per heavy atom. The Kier molecular flexibility index (Phi) is 6.78. The lowest BCUT2D eigenvalue weighted by Crippen LogP contribution is -2.34. The Balaban J connectivity index is 1.84. The summed E-state index contributed by atoms with van der Waals surface area (Å²) in [5, 5.41) is 0. The Labute approximate surface area is 169 Å². The van der Waals surface area contributed by atoms with Crippen molar-refractivity contribution in [3.63, 3.8) is 0 Å². The second kappa shape index (κ2) is 9.28. The Hall–Kier alpha value is -2.28. The molecule has 0 saturated carbocycles. The van der Waals surface area contributed by atoms with Gasteiger partial charge in [0.1, 0.15) is 0 Å². The van der Waals surface area contributed by atoms with Crippen LogP contribution in [0.3, 0.4) is 0 Å². The number of rotatable bonds is 8. The van der Waals surface area contributed by atoms with Crippen LogP contribution in [0.2, 0.25) is 0 Å². The molecular formula is C22H23NO3S2. The van der Waals surface area contributed by atoms with E-state index < -0.39 is 20.8 Å². The van der Waals surface area contributed by atoms with Crippen LogP contribution in [0.15, 0.2) is 94.7 Å². The van der Waals surface area contributed by atoms with Crippen molar-refractivity contribution in [1.82, 2.24) is 4.31 Å². The zero-order chi connectivity index (χ0) is 20.0. The predicted molar refractivity (Wildman–Crippen MR) is 113 cm³/mol. The molecule has 1 unspecified atom stereocenters. The van der Waals surface area contributed by atoms with Gasteiger partial charge >= 0.3 is 0 Å². The summed E-state index contributed by atoms with van der Waals surface area (Å²) in [5.41, 5.74) is 1.89. The molecule has 1 atom stereocenters. The van der Waals surface area contributed by atoms with Gasteiger partial charge < -0.3 is 0 Å². The van der Waals surface area contributed by atoms with Crippen molar-refractivity contribution in [3.8, 4) is 0 Å². The first-order valence-corrected chi connectivity index (χ1v) is 11.8. The summed E-state index contributed by atoms with van der Waals surface area (Å²) in [7, 11) is -4.96. The van der Waals surface area contributed by atoms with Crippen LogP contribution in [0.4, 0.5) is 0 Å². The third-order valence-electron chi connectivity index (χ3n) is 4.39. The minimum absolute atomic E-state index is 0.173. The van der Waals surface area contributed by atoms with Crippen LogP contribution in [0, 0.1) is 6.92 Å². The lowest BCUT2D eigenvalue weighted by atomic mass is 10.2. The lowest BCUT2D eigenvalue weighted by molar-refractivity contribution is 0.425. The summed E-state index contributed by atoms with van der Waals surface area (Å²) in [6.45, 7) is 2.33. The molecule has 3 aromatic carbocycles. The fourth-order valence-corrected chi connectivity index (χ4v) is 5.43. The molecule has 4 nitrogen and oxygen atoms in total. The molecule has 146 valence electrons. The summed E-state index contributed by atoms with van der Waals surface area (Å²) in [5.74, 6) is 0.238. The number of sulfonamides is 1. The average Bonchev–Trinajstić information content (AvgIpc) is 2.72. The smallest absolute Gasteiger partial charge is 0.243 e. The van der Waals surface area contributed by atoms with E-state index >= 15 is 0 Å². The molecule has 0 bridgehead atoms. The molecule has 0 aromatic heterocycles. The highest BCUT2D eigenvalue weighted by Gasteiger charge is 2.25. The van der Waals surface area contributed by atoms with Gasteiger partial charge in [-0.05, 0) is 36.8 Å². The van der Waals surface area contributed by atoms with Crippen LogP contribution in [0.5, 0.6) is 0 Å². The largest absolute Gasteiger partial charge is 0.254 e. The highest BCUT2D eigenvalue weighted by molar-refractivity contribution is 7.89. The minimum Gasteiger partial charge on any atom is -0.254 e. The van der Waals surface area contributed by atoms with E-state index in [0.29, 0.717) is 4.90 Å². The first-order valence-electron chi connectivity index (χ1n) is 9.01. The summed E-state index contributed by atoms with van der Waals surface area (Å²) in [4.78, 5) is 0.953. The maximum absolute atomic E-state index is 13.2. The van der Waals surface area contributed by atoms with E-state index in [2.05, 4.69) is 0 Å². The molecule has 0 spiro atoms. The number of hydrogen-bond donors (Lipinski definition) is 0. The van der Waals surface area contributed by atoms with E-state index in [-0.39, 0.29) is 23.7 Å². The molecule has 0 aliphatic heterocycles. The molecule has 3 aromatic rings. The maximum Gasteiger partial charge on any atom is 0.243 e. The fourth-order valence-electron chi connectivity index (χ4n) is 2.81. The molecule has 0 aliphatic carbocycles. The van der Waals surface area contributed by atoms with Crippen molar-refractivity contribution in [2.45, 2.75) is 23.3 Å². The van der Waals surface area contributed by atoms with Crippen LogP contribution in [-0.2, 0) is 27.4 Å². The molecular weight excluding hydrogens is 390 g/mol. The summed E-state index contributed by atoms with van der Waals surface area (Å²) in [6.07, 6.45) is 0. The number of aryl methyl sites for hydroxylation is 1. The molecule has 0 aliphatic rings. The van der Waals surface area contributed by atoms with E-state index in [9.17, 15) is 12.6 Å². The van der Waals surface area contributed by atoms with E-state index in [4.69, 9.17) is 0 Å². The average molecular weight is 414 g/mol. The van der Waals surface area contributed by atoms with E-state index in [1.807, 2.05) is 55.5 Å². The second-order valence-electron chi connectivity index (χ2n) is 6.50. The van der Waals surface area contributed by atoms with Gasteiger partial charge in [-0.1, -0.05) is 66.2 Å². The molecule has 6 heteroatoms. The van der Waals surface area contributed by atoms with Gasteiger partial charge in [-0.25, -0.2) is 8.42 Å². The maximum atomic E-state index is 13.2. The van der Waals surface area contributed by atoms with Gasteiger partial charge in [-0.3, -0.25) is 4.21 Å². The molecule has 28 heavy (non-hydrogen) atoms. The van der Waals surface area contributed by atoms with E-state index in [1.165, 1.54) is 4.31 Å². The molecule has 0 heterocycles.